The van der Waals surface area contributed by atoms with Crippen molar-refractivity contribution in [2.75, 3.05) is 5.32 Å². The first-order valence-electron chi connectivity index (χ1n) is 8.17. The Kier molecular flexibility index (Phi) is 4.65. The average Bonchev–Trinajstić information content (AvgIpc) is 3.19. The summed E-state index contributed by atoms with van der Waals surface area (Å²) < 4.78 is 7.34. The summed E-state index contributed by atoms with van der Waals surface area (Å²) in [5, 5.41) is 14.8. The Morgan fingerprint density at radius 2 is 2.00 bits per heavy atom. The standard InChI is InChI=1S/C18H21N5O2/c1-11(2)23-15(7-8-19-23)17-21-22-18(25-17)20-16(24)10-14-6-5-12(3)13(4)9-14/h5-9,11H,10H2,1-4H3,(H,20,22,24). The second-order valence-electron chi connectivity index (χ2n) is 6.31. The van der Waals surface area contributed by atoms with Crippen molar-refractivity contribution in [2.45, 2.75) is 40.2 Å². The zero-order valence-corrected chi connectivity index (χ0v) is 14.8. The maximum atomic E-state index is 12.2. The maximum absolute atomic E-state index is 12.2. The summed E-state index contributed by atoms with van der Waals surface area (Å²) in [5.74, 6) is 0.128. The Bertz CT molecular complexity index is 895. The quantitative estimate of drug-likeness (QED) is 0.771. The van der Waals surface area contributed by atoms with Gasteiger partial charge in [-0.1, -0.05) is 23.3 Å². The number of rotatable bonds is 5. The van der Waals surface area contributed by atoms with E-state index in [-0.39, 0.29) is 24.4 Å². The van der Waals surface area contributed by atoms with E-state index in [0.29, 0.717) is 5.89 Å². The predicted molar refractivity (Wildman–Crippen MR) is 94.2 cm³/mol. The molecular weight excluding hydrogens is 318 g/mol. The summed E-state index contributed by atoms with van der Waals surface area (Å²) in [4.78, 5) is 12.2. The van der Waals surface area contributed by atoms with Crippen molar-refractivity contribution in [3.8, 4) is 11.6 Å². The molecule has 2 aromatic heterocycles. The third-order valence-electron chi connectivity index (χ3n) is 3.99. The van der Waals surface area contributed by atoms with Crippen LogP contribution >= 0.6 is 0 Å². The van der Waals surface area contributed by atoms with Crippen molar-refractivity contribution in [2.24, 2.45) is 0 Å². The smallest absolute Gasteiger partial charge is 0.322 e. The van der Waals surface area contributed by atoms with Crippen LogP contribution in [0.4, 0.5) is 6.01 Å². The van der Waals surface area contributed by atoms with Gasteiger partial charge in [-0.2, -0.15) is 5.10 Å². The molecule has 130 valence electrons. The fourth-order valence-corrected chi connectivity index (χ4v) is 2.53. The average molecular weight is 339 g/mol. The van der Waals surface area contributed by atoms with Gasteiger partial charge in [-0.05, 0) is 50.5 Å². The van der Waals surface area contributed by atoms with Crippen LogP contribution in [0, 0.1) is 13.8 Å². The van der Waals surface area contributed by atoms with Crippen LogP contribution in [0.25, 0.3) is 11.6 Å². The summed E-state index contributed by atoms with van der Waals surface area (Å²) in [7, 11) is 0. The Balaban J connectivity index is 1.69. The van der Waals surface area contributed by atoms with Gasteiger partial charge in [0, 0.05) is 12.2 Å². The van der Waals surface area contributed by atoms with Gasteiger partial charge in [0.25, 0.3) is 5.89 Å². The number of aryl methyl sites for hydroxylation is 2. The number of hydrogen-bond donors (Lipinski definition) is 1. The third-order valence-corrected chi connectivity index (χ3v) is 3.99. The van der Waals surface area contributed by atoms with Crippen molar-refractivity contribution < 1.29 is 9.21 Å². The molecule has 7 heteroatoms. The Hall–Kier alpha value is -2.96. The molecular formula is C18H21N5O2. The minimum atomic E-state index is -0.198. The molecule has 0 aliphatic rings. The van der Waals surface area contributed by atoms with Crippen LogP contribution in [0.3, 0.4) is 0 Å². The molecule has 0 aliphatic heterocycles. The number of carbonyl (C=O) groups excluding carboxylic acids is 1. The van der Waals surface area contributed by atoms with E-state index in [2.05, 4.69) is 20.6 Å². The zero-order chi connectivity index (χ0) is 18.0. The first kappa shape index (κ1) is 16.9. The lowest BCUT2D eigenvalue weighted by Crippen LogP contribution is -2.14. The fourth-order valence-electron chi connectivity index (χ4n) is 2.53. The number of amides is 1. The van der Waals surface area contributed by atoms with Crippen LogP contribution in [0.15, 0.2) is 34.9 Å². The number of hydrogen-bond acceptors (Lipinski definition) is 5. The first-order valence-corrected chi connectivity index (χ1v) is 8.17. The molecule has 0 radical (unpaired) electrons. The van der Waals surface area contributed by atoms with Gasteiger partial charge in [0.05, 0.1) is 6.42 Å². The van der Waals surface area contributed by atoms with Gasteiger partial charge in [0.1, 0.15) is 5.69 Å². The first-order chi connectivity index (χ1) is 11.9. The lowest BCUT2D eigenvalue weighted by Gasteiger charge is -2.07. The van der Waals surface area contributed by atoms with E-state index < -0.39 is 0 Å². The highest BCUT2D eigenvalue weighted by Gasteiger charge is 2.16. The molecule has 2 heterocycles. The molecule has 0 unspecified atom stereocenters. The molecule has 3 aromatic rings. The number of aromatic nitrogens is 4. The SMILES string of the molecule is Cc1ccc(CC(=O)Nc2nnc(-c3ccnn3C(C)C)o2)cc1C. The van der Waals surface area contributed by atoms with Crippen molar-refractivity contribution in [3.05, 3.63) is 47.2 Å². The van der Waals surface area contributed by atoms with Crippen LogP contribution in [0.5, 0.6) is 0 Å². The fraction of sp³-hybridized carbons (Fsp3) is 0.333. The van der Waals surface area contributed by atoms with E-state index in [1.807, 2.05) is 45.9 Å². The molecule has 1 aromatic carbocycles. The molecule has 0 aliphatic carbocycles. The maximum Gasteiger partial charge on any atom is 0.322 e. The van der Waals surface area contributed by atoms with Crippen LogP contribution in [-0.2, 0) is 11.2 Å². The van der Waals surface area contributed by atoms with Crippen molar-refractivity contribution in [3.63, 3.8) is 0 Å². The number of benzene rings is 1. The topological polar surface area (TPSA) is 85.8 Å². The van der Waals surface area contributed by atoms with Crippen LogP contribution in [0.2, 0.25) is 0 Å². The number of nitrogens with one attached hydrogen (secondary N) is 1. The lowest BCUT2D eigenvalue weighted by atomic mass is 10.0. The van der Waals surface area contributed by atoms with Gasteiger partial charge in [-0.3, -0.25) is 14.8 Å². The molecule has 25 heavy (non-hydrogen) atoms. The van der Waals surface area contributed by atoms with E-state index in [1.54, 1.807) is 16.9 Å². The molecule has 0 spiro atoms. The van der Waals surface area contributed by atoms with E-state index in [9.17, 15) is 4.79 Å². The van der Waals surface area contributed by atoms with Gasteiger partial charge in [0.15, 0.2) is 0 Å². The normalized spacial score (nSPS) is 11.1. The minimum absolute atomic E-state index is 0.0836. The highest BCUT2D eigenvalue weighted by molar-refractivity contribution is 5.90. The third kappa shape index (κ3) is 3.76. The summed E-state index contributed by atoms with van der Waals surface area (Å²) >= 11 is 0. The summed E-state index contributed by atoms with van der Waals surface area (Å²) in [6.45, 7) is 8.10. The number of carbonyl (C=O) groups is 1. The molecule has 3 rings (SSSR count). The molecule has 0 bridgehead atoms. The van der Waals surface area contributed by atoms with E-state index >= 15 is 0 Å². The Labute approximate surface area is 146 Å². The van der Waals surface area contributed by atoms with E-state index in [4.69, 9.17) is 4.42 Å². The highest BCUT2D eigenvalue weighted by atomic mass is 16.4. The Morgan fingerprint density at radius 3 is 2.72 bits per heavy atom. The van der Waals surface area contributed by atoms with Gasteiger partial charge in [0.2, 0.25) is 5.91 Å². The predicted octanol–water partition coefficient (Wildman–Crippen LogP) is 3.31. The van der Waals surface area contributed by atoms with Crippen molar-refractivity contribution in [1.29, 1.82) is 0 Å². The molecule has 0 saturated carbocycles. The Morgan fingerprint density at radius 1 is 1.20 bits per heavy atom. The summed E-state index contributed by atoms with van der Waals surface area (Å²) in [5.41, 5.74) is 4.02. The molecule has 7 nitrogen and oxygen atoms in total. The summed E-state index contributed by atoms with van der Waals surface area (Å²) in [6.07, 6.45) is 1.93. The zero-order valence-electron chi connectivity index (χ0n) is 14.8. The number of nitrogens with zero attached hydrogens (tertiary/aromatic N) is 4. The van der Waals surface area contributed by atoms with Crippen LogP contribution in [-0.4, -0.2) is 25.9 Å². The second kappa shape index (κ2) is 6.88. The minimum Gasteiger partial charge on any atom is -0.401 e. The number of anilines is 1. The molecule has 0 atom stereocenters. The molecule has 0 saturated heterocycles. The second-order valence-corrected chi connectivity index (χ2v) is 6.31. The van der Waals surface area contributed by atoms with Crippen LogP contribution in [0.1, 0.15) is 36.6 Å². The van der Waals surface area contributed by atoms with Gasteiger partial charge >= 0.3 is 6.01 Å². The molecule has 0 fully saturated rings. The summed E-state index contributed by atoms with van der Waals surface area (Å²) in [6, 6.07) is 8.02. The molecule has 1 amide bonds. The van der Waals surface area contributed by atoms with E-state index in [1.165, 1.54) is 5.56 Å². The van der Waals surface area contributed by atoms with Gasteiger partial charge in [-0.15, -0.1) is 5.10 Å². The van der Waals surface area contributed by atoms with Crippen LogP contribution < -0.4 is 5.32 Å². The lowest BCUT2D eigenvalue weighted by molar-refractivity contribution is -0.115. The monoisotopic (exact) mass is 339 g/mol. The molecule has 1 N–H and O–H groups in total. The van der Waals surface area contributed by atoms with Gasteiger partial charge in [-0.25, -0.2) is 0 Å². The van der Waals surface area contributed by atoms with Crippen molar-refractivity contribution in [1.82, 2.24) is 20.0 Å². The van der Waals surface area contributed by atoms with Crippen molar-refractivity contribution >= 4 is 11.9 Å². The van der Waals surface area contributed by atoms with E-state index in [0.717, 1.165) is 16.8 Å². The van der Waals surface area contributed by atoms with Gasteiger partial charge < -0.3 is 4.42 Å². The highest BCUT2D eigenvalue weighted by Crippen LogP contribution is 2.22. The largest absolute Gasteiger partial charge is 0.401 e.